The molecule has 0 aliphatic heterocycles. The minimum Gasteiger partial charge on any atom is -0.392 e. The molecule has 0 radical (unpaired) electrons. The maximum absolute atomic E-state index is 11.6. The number of imide groups is 1. The lowest BCUT2D eigenvalue weighted by Gasteiger charge is -2.20. The highest BCUT2D eigenvalue weighted by Crippen LogP contribution is 2.18. The highest BCUT2D eigenvalue weighted by atomic mass is 32.2. The van der Waals surface area contributed by atoms with Crippen molar-refractivity contribution < 1.29 is 14.7 Å². The number of carbonyl (C=O) groups excluding carboxylic acids is 2. The molecule has 0 bridgehead atoms. The Morgan fingerprint density at radius 3 is 2.30 bits per heavy atom. The van der Waals surface area contributed by atoms with Crippen LogP contribution in [0.25, 0.3) is 0 Å². The monoisotopic (exact) mass is 296 g/mol. The van der Waals surface area contributed by atoms with Crippen LogP contribution in [-0.4, -0.2) is 28.3 Å². The molecule has 0 fully saturated rings. The molecule has 0 atom stereocenters. The lowest BCUT2D eigenvalue weighted by atomic mass is 10.1. The molecule has 5 nitrogen and oxygen atoms in total. The first-order chi connectivity index (χ1) is 9.30. The van der Waals surface area contributed by atoms with Crippen molar-refractivity contribution in [3.8, 4) is 0 Å². The van der Waals surface area contributed by atoms with Gasteiger partial charge in [-0.15, -0.1) is 11.8 Å². The van der Waals surface area contributed by atoms with Crippen LogP contribution in [0.5, 0.6) is 0 Å². The molecule has 0 aliphatic carbocycles. The number of aliphatic hydroxyl groups is 1. The predicted molar refractivity (Wildman–Crippen MR) is 79.5 cm³/mol. The van der Waals surface area contributed by atoms with Crippen LogP contribution in [0, 0.1) is 0 Å². The van der Waals surface area contributed by atoms with Gasteiger partial charge in [-0.2, -0.15) is 0 Å². The number of carbonyl (C=O) groups is 2. The van der Waals surface area contributed by atoms with Gasteiger partial charge in [0.05, 0.1) is 12.4 Å². The van der Waals surface area contributed by atoms with Gasteiger partial charge in [0.1, 0.15) is 0 Å². The number of urea groups is 1. The first-order valence-corrected chi connectivity index (χ1v) is 7.23. The third kappa shape index (κ3) is 6.58. The van der Waals surface area contributed by atoms with E-state index in [1.54, 1.807) is 12.1 Å². The summed E-state index contributed by atoms with van der Waals surface area (Å²) in [6.45, 7) is 5.52. The minimum atomic E-state index is -0.487. The van der Waals surface area contributed by atoms with E-state index in [-0.39, 0.29) is 23.8 Å². The largest absolute Gasteiger partial charge is 0.392 e. The summed E-state index contributed by atoms with van der Waals surface area (Å²) in [4.78, 5) is 24.0. The topological polar surface area (TPSA) is 78.4 Å². The molecule has 1 aromatic rings. The van der Waals surface area contributed by atoms with Crippen molar-refractivity contribution in [1.29, 1.82) is 0 Å². The SMILES string of the molecule is CC(C)(C)NC(=O)NC(=O)CSc1ccc(CO)cc1. The Labute approximate surface area is 123 Å². The van der Waals surface area contributed by atoms with Crippen molar-refractivity contribution in [2.45, 2.75) is 37.8 Å². The summed E-state index contributed by atoms with van der Waals surface area (Å²) in [6.07, 6.45) is 0. The predicted octanol–water partition coefficient (Wildman–Crippen LogP) is 1.90. The van der Waals surface area contributed by atoms with Gasteiger partial charge in [-0.05, 0) is 38.5 Å². The molecular weight excluding hydrogens is 276 g/mol. The van der Waals surface area contributed by atoms with Crippen molar-refractivity contribution in [3.05, 3.63) is 29.8 Å². The molecule has 0 heterocycles. The van der Waals surface area contributed by atoms with Crippen LogP contribution in [0.15, 0.2) is 29.2 Å². The number of rotatable bonds is 4. The summed E-state index contributed by atoms with van der Waals surface area (Å²) in [5.74, 6) is -0.182. The Morgan fingerprint density at radius 1 is 1.20 bits per heavy atom. The fourth-order valence-electron chi connectivity index (χ4n) is 1.37. The van der Waals surface area contributed by atoms with Crippen LogP contribution in [0.4, 0.5) is 4.79 Å². The van der Waals surface area contributed by atoms with Gasteiger partial charge in [0.15, 0.2) is 0 Å². The van der Waals surface area contributed by atoms with Gasteiger partial charge in [-0.3, -0.25) is 10.1 Å². The van der Waals surface area contributed by atoms with E-state index in [4.69, 9.17) is 5.11 Å². The van der Waals surface area contributed by atoms with Gasteiger partial charge in [-0.1, -0.05) is 12.1 Å². The number of hydrogen-bond acceptors (Lipinski definition) is 4. The van der Waals surface area contributed by atoms with Crippen LogP contribution in [-0.2, 0) is 11.4 Å². The first-order valence-electron chi connectivity index (χ1n) is 6.25. The number of aliphatic hydroxyl groups excluding tert-OH is 1. The maximum Gasteiger partial charge on any atom is 0.321 e. The molecule has 3 N–H and O–H groups in total. The van der Waals surface area contributed by atoms with E-state index in [0.29, 0.717) is 0 Å². The molecule has 0 saturated carbocycles. The molecule has 0 unspecified atom stereocenters. The van der Waals surface area contributed by atoms with Gasteiger partial charge in [0.2, 0.25) is 5.91 Å². The highest BCUT2D eigenvalue weighted by Gasteiger charge is 2.15. The maximum atomic E-state index is 11.6. The van der Waals surface area contributed by atoms with E-state index in [1.807, 2.05) is 32.9 Å². The summed E-state index contributed by atoms with van der Waals surface area (Å²) in [5.41, 5.74) is 0.445. The Bertz CT molecular complexity index is 466. The van der Waals surface area contributed by atoms with Crippen molar-refractivity contribution in [2.75, 3.05) is 5.75 Å². The summed E-state index contributed by atoms with van der Waals surface area (Å²) < 4.78 is 0. The van der Waals surface area contributed by atoms with E-state index < -0.39 is 6.03 Å². The van der Waals surface area contributed by atoms with Gasteiger partial charge < -0.3 is 10.4 Å². The van der Waals surface area contributed by atoms with E-state index in [9.17, 15) is 9.59 Å². The molecule has 1 rings (SSSR count). The number of thioether (sulfide) groups is 1. The average molecular weight is 296 g/mol. The van der Waals surface area contributed by atoms with E-state index in [0.717, 1.165) is 10.5 Å². The third-order valence-electron chi connectivity index (χ3n) is 2.22. The van der Waals surface area contributed by atoms with E-state index in [1.165, 1.54) is 11.8 Å². The third-order valence-corrected chi connectivity index (χ3v) is 3.23. The van der Waals surface area contributed by atoms with Gasteiger partial charge >= 0.3 is 6.03 Å². The number of hydrogen-bond donors (Lipinski definition) is 3. The summed E-state index contributed by atoms with van der Waals surface area (Å²) in [5, 5.41) is 13.9. The van der Waals surface area contributed by atoms with Crippen molar-refractivity contribution in [3.63, 3.8) is 0 Å². The number of amides is 3. The normalized spacial score (nSPS) is 11.0. The average Bonchev–Trinajstić information content (AvgIpc) is 2.34. The Morgan fingerprint density at radius 2 is 1.80 bits per heavy atom. The molecule has 6 heteroatoms. The van der Waals surface area contributed by atoms with Gasteiger partial charge in [-0.25, -0.2) is 4.79 Å². The van der Waals surface area contributed by atoms with Crippen molar-refractivity contribution in [2.24, 2.45) is 0 Å². The quantitative estimate of drug-likeness (QED) is 0.742. The zero-order chi connectivity index (χ0) is 15.2. The lowest BCUT2D eigenvalue weighted by molar-refractivity contribution is -0.117. The standard InChI is InChI=1S/C14H20N2O3S/c1-14(2,3)16-13(19)15-12(18)9-20-11-6-4-10(8-17)5-7-11/h4-7,17H,8-9H2,1-3H3,(H2,15,16,18,19). The van der Waals surface area contributed by atoms with E-state index >= 15 is 0 Å². The molecule has 0 aliphatic rings. The highest BCUT2D eigenvalue weighted by molar-refractivity contribution is 8.00. The van der Waals surface area contributed by atoms with Crippen LogP contribution < -0.4 is 10.6 Å². The molecule has 110 valence electrons. The Balaban J connectivity index is 2.37. The van der Waals surface area contributed by atoms with Crippen molar-refractivity contribution >= 4 is 23.7 Å². The second-order valence-electron chi connectivity index (χ2n) is 5.34. The zero-order valence-electron chi connectivity index (χ0n) is 11.9. The summed E-state index contributed by atoms with van der Waals surface area (Å²) in [6, 6.07) is 6.77. The zero-order valence-corrected chi connectivity index (χ0v) is 12.7. The molecule has 0 spiro atoms. The fraction of sp³-hybridized carbons (Fsp3) is 0.429. The lowest BCUT2D eigenvalue weighted by Crippen LogP contribution is -2.48. The number of nitrogens with one attached hydrogen (secondary N) is 2. The number of benzene rings is 1. The molecule has 0 saturated heterocycles. The second kappa shape index (κ2) is 7.31. The van der Waals surface area contributed by atoms with E-state index in [2.05, 4.69) is 10.6 Å². The molecule has 0 aromatic heterocycles. The van der Waals surface area contributed by atoms with Crippen LogP contribution in [0.1, 0.15) is 26.3 Å². The second-order valence-corrected chi connectivity index (χ2v) is 6.39. The molecule has 1 aromatic carbocycles. The van der Waals surface area contributed by atoms with Crippen LogP contribution in [0.2, 0.25) is 0 Å². The minimum absolute atomic E-state index is 0.00158. The molecular formula is C14H20N2O3S. The van der Waals surface area contributed by atoms with Crippen molar-refractivity contribution in [1.82, 2.24) is 10.6 Å². The van der Waals surface area contributed by atoms with Crippen LogP contribution >= 0.6 is 11.8 Å². The molecule has 3 amide bonds. The van der Waals surface area contributed by atoms with Crippen LogP contribution in [0.3, 0.4) is 0 Å². The fourth-order valence-corrected chi connectivity index (χ4v) is 2.07. The smallest absolute Gasteiger partial charge is 0.321 e. The summed E-state index contributed by atoms with van der Waals surface area (Å²) >= 11 is 1.33. The Hall–Kier alpha value is -1.53. The Kier molecular flexibility index (Phi) is 6.04. The molecule has 20 heavy (non-hydrogen) atoms. The summed E-state index contributed by atoms with van der Waals surface area (Å²) in [7, 11) is 0. The van der Waals surface area contributed by atoms with Gasteiger partial charge in [0.25, 0.3) is 0 Å². The first kappa shape index (κ1) is 16.5. The van der Waals surface area contributed by atoms with Gasteiger partial charge in [0, 0.05) is 10.4 Å².